The summed E-state index contributed by atoms with van der Waals surface area (Å²) < 4.78 is 31.4. The van der Waals surface area contributed by atoms with Crippen LogP contribution in [0.15, 0.2) is 36.9 Å². The van der Waals surface area contributed by atoms with Gasteiger partial charge >= 0.3 is 0 Å². The summed E-state index contributed by atoms with van der Waals surface area (Å²) in [5, 5.41) is 8.75. The number of nitrogens with zero attached hydrogens (tertiary/aromatic N) is 6. The Morgan fingerprint density at radius 1 is 1.19 bits per heavy atom. The van der Waals surface area contributed by atoms with Crippen molar-refractivity contribution in [2.75, 3.05) is 13.1 Å². The highest BCUT2D eigenvalue weighted by molar-refractivity contribution is 5.19. The fourth-order valence-corrected chi connectivity index (χ4v) is 3.73. The highest BCUT2D eigenvalue weighted by Gasteiger charge is 2.26. The fourth-order valence-electron chi connectivity index (χ4n) is 3.73. The van der Waals surface area contributed by atoms with Gasteiger partial charge in [-0.1, -0.05) is 12.1 Å². The van der Waals surface area contributed by atoms with Gasteiger partial charge < -0.3 is 9.13 Å². The fraction of sp³-hybridized carbons (Fsp3) is 0.421. The normalized spacial score (nSPS) is 18.1. The van der Waals surface area contributed by atoms with Crippen molar-refractivity contribution in [1.82, 2.24) is 29.2 Å². The second-order valence-electron chi connectivity index (χ2n) is 7.06. The molecule has 1 aromatic carbocycles. The van der Waals surface area contributed by atoms with E-state index in [4.69, 9.17) is 0 Å². The van der Waals surface area contributed by atoms with Crippen LogP contribution in [0.25, 0.3) is 0 Å². The van der Waals surface area contributed by atoms with Crippen molar-refractivity contribution >= 4 is 0 Å². The van der Waals surface area contributed by atoms with E-state index in [0.717, 1.165) is 43.6 Å². The quantitative estimate of drug-likeness (QED) is 0.691. The molecule has 4 rings (SSSR count). The first kappa shape index (κ1) is 17.8. The van der Waals surface area contributed by atoms with Crippen LogP contribution in [0.4, 0.5) is 8.78 Å². The van der Waals surface area contributed by atoms with Gasteiger partial charge in [0.2, 0.25) is 0 Å². The van der Waals surface area contributed by atoms with Gasteiger partial charge in [-0.2, -0.15) is 0 Å². The second kappa shape index (κ2) is 7.56. The summed E-state index contributed by atoms with van der Waals surface area (Å²) in [7, 11) is 1.98. The van der Waals surface area contributed by atoms with E-state index < -0.39 is 11.6 Å². The van der Waals surface area contributed by atoms with E-state index in [2.05, 4.69) is 20.1 Å². The molecule has 142 valence electrons. The van der Waals surface area contributed by atoms with Crippen molar-refractivity contribution in [1.29, 1.82) is 0 Å². The molecule has 1 aliphatic rings. The average molecular weight is 372 g/mol. The Morgan fingerprint density at radius 3 is 2.89 bits per heavy atom. The molecule has 0 N–H and O–H groups in total. The van der Waals surface area contributed by atoms with Gasteiger partial charge in [0, 0.05) is 44.0 Å². The Morgan fingerprint density at radius 2 is 2.07 bits per heavy atom. The number of likely N-dealkylation sites (tertiary alicyclic amines) is 1. The molecular formula is C19H22F2N6. The predicted molar refractivity (Wildman–Crippen MR) is 95.9 cm³/mol. The lowest BCUT2D eigenvalue weighted by Gasteiger charge is -2.32. The number of hydrogen-bond acceptors (Lipinski definition) is 4. The maximum atomic E-state index is 14.0. The van der Waals surface area contributed by atoms with Gasteiger partial charge in [-0.3, -0.25) is 4.90 Å². The number of piperidine rings is 1. The summed E-state index contributed by atoms with van der Waals surface area (Å²) in [6, 6.07) is 4.35. The van der Waals surface area contributed by atoms with Gasteiger partial charge in [0.05, 0.1) is 12.9 Å². The summed E-state index contributed by atoms with van der Waals surface area (Å²) in [6.07, 6.45) is 7.39. The Labute approximate surface area is 156 Å². The van der Waals surface area contributed by atoms with E-state index in [9.17, 15) is 8.78 Å². The lowest BCUT2D eigenvalue weighted by Crippen LogP contribution is -2.35. The van der Waals surface area contributed by atoms with Gasteiger partial charge in [0.1, 0.15) is 5.82 Å². The van der Waals surface area contributed by atoms with E-state index in [1.807, 2.05) is 22.4 Å². The molecule has 6 nitrogen and oxygen atoms in total. The topological polar surface area (TPSA) is 51.8 Å². The maximum absolute atomic E-state index is 14.0. The van der Waals surface area contributed by atoms with E-state index >= 15 is 0 Å². The molecule has 1 aliphatic heterocycles. The summed E-state index contributed by atoms with van der Waals surface area (Å²) in [5.74, 6) is 0.495. The van der Waals surface area contributed by atoms with Gasteiger partial charge in [0.15, 0.2) is 17.5 Å². The first-order valence-electron chi connectivity index (χ1n) is 9.11. The number of aromatic nitrogens is 5. The third kappa shape index (κ3) is 3.75. The first-order chi connectivity index (χ1) is 13.1. The van der Waals surface area contributed by atoms with Crippen molar-refractivity contribution < 1.29 is 8.78 Å². The number of halogens is 2. The van der Waals surface area contributed by atoms with Crippen molar-refractivity contribution in [3.63, 3.8) is 0 Å². The summed E-state index contributed by atoms with van der Waals surface area (Å²) >= 11 is 0. The predicted octanol–water partition coefficient (Wildman–Crippen LogP) is 2.72. The summed E-state index contributed by atoms with van der Waals surface area (Å²) in [4.78, 5) is 6.21. The van der Waals surface area contributed by atoms with E-state index in [1.165, 1.54) is 0 Å². The van der Waals surface area contributed by atoms with Crippen molar-refractivity contribution in [2.45, 2.75) is 31.8 Å². The molecule has 1 saturated heterocycles. The van der Waals surface area contributed by atoms with E-state index in [0.29, 0.717) is 18.7 Å². The molecule has 0 amide bonds. The molecule has 2 aromatic heterocycles. The molecule has 1 fully saturated rings. The van der Waals surface area contributed by atoms with Gasteiger partial charge in [0.25, 0.3) is 0 Å². The van der Waals surface area contributed by atoms with E-state index in [1.54, 1.807) is 24.7 Å². The molecule has 0 spiro atoms. The minimum absolute atomic E-state index is 0.226. The molecule has 0 saturated carbocycles. The maximum Gasteiger partial charge on any atom is 0.163 e. The lowest BCUT2D eigenvalue weighted by molar-refractivity contribution is 0.192. The van der Waals surface area contributed by atoms with E-state index in [-0.39, 0.29) is 5.92 Å². The third-order valence-electron chi connectivity index (χ3n) is 5.18. The summed E-state index contributed by atoms with van der Waals surface area (Å²) in [5.41, 5.74) is 0.398. The van der Waals surface area contributed by atoms with Crippen molar-refractivity contribution in [3.8, 4) is 0 Å². The monoisotopic (exact) mass is 372 g/mol. The zero-order valence-corrected chi connectivity index (χ0v) is 15.2. The Balaban J connectivity index is 1.47. The molecule has 8 heteroatoms. The number of benzene rings is 1. The minimum Gasteiger partial charge on any atom is -0.330 e. The Bertz CT molecular complexity index is 905. The van der Waals surface area contributed by atoms with Crippen LogP contribution >= 0.6 is 0 Å². The Hall–Kier alpha value is -2.61. The van der Waals surface area contributed by atoms with Crippen LogP contribution in [0.1, 0.15) is 36.0 Å². The molecule has 0 radical (unpaired) electrons. The zero-order valence-electron chi connectivity index (χ0n) is 15.2. The number of rotatable bonds is 5. The third-order valence-corrected chi connectivity index (χ3v) is 5.18. The molecule has 27 heavy (non-hydrogen) atoms. The number of hydrogen-bond donors (Lipinski definition) is 0. The highest BCUT2D eigenvalue weighted by atomic mass is 19.2. The summed E-state index contributed by atoms with van der Waals surface area (Å²) in [6.45, 7) is 2.65. The standard InChI is InChI=1S/C19H22F2N6/c1-25-17(12-27-9-7-22-13-27)23-24-19(25)15-5-3-8-26(11-15)10-14-4-2-6-16(20)18(14)21/h2,4,6-7,9,13,15H,3,5,8,10-12H2,1H3. The van der Waals surface area contributed by atoms with Crippen LogP contribution in [0.3, 0.4) is 0 Å². The highest BCUT2D eigenvalue weighted by Crippen LogP contribution is 2.27. The first-order valence-corrected chi connectivity index (χ1v) is 9.11. The molecular weight excluding hydrogens is 350 g/mol. The molecule has 0 bridgehead atoms. The molecule has 1 unspecified atom stereocenters. The van der Waals surface area contributed by atoms with Crippen molar-refractivity contribution in [2.24, 2.45) is 7.05 Å². The lowest BCUT2D eigenvalue weighted by atomic mass is 9.96. The van der Waals surface area contributed by atoms with Crippen LogP contribution in [-0.4, -0.2) is 42.3 Å². The molecule has 3 aromatic rings. The van der Waals surface area contributed by atoms with Crippen LogP contribution in [0.2, 0.25) is 0 Å². The van der Waals surface area contributed by atoms with Crippen molar-refractivity contribution in [3.05, 3.63) is 65.8 Å². The van der Waals surface area contributed by atoms with Crippen LogP contribution in [0, 0.1) is 11.6 Å². The second-order valence-corrected chi connectivity index (χ2v) is 7.06. The van der Waals surface area contributed by atoms with Gasteiger partial charge in [-0.25, -0.2) is 13.8 Å². The molecule has 0 aliphatic carbocycles. The largest absolute Gasteiger partial charge is 0.330 e. The van der Waals surface area contributed by atoms with Crippen LogP contribution in [0.5, 0.6) is 0 Å². The zero-order chi connectivity index (χ0) is 18.8. The smallest absolute Gasteiger partial charge is 0.163 e. The molecule has 3 heterocycles. The van der Waals surface area contributed by atoms with Gasteiger partial charge in [-0.15, -0.1) is 10.2 Å². The Kier molecular flexibility index (Phi) is 4.98. The number of imidazole rings is 1. The van der Waals surface area contributed by atoms with Crippen LogP contribution < -0.4 is 0 Å². The SMILES string of the molecule is Cn1c(Cn2ccnc2)nnc1C1CCCN(Cc2cccc(F)c2F)C1. The van der Waals surface area contributed by atoms with Crippen LogP contribution in [-0.2, 0) is 20.1 Å². The minimum atomic E-state index is -0.793. The molecule has 1 atom stereocenters. The average Bonchev–Trinajstić information content (AvgIpc) is 3.30. The van der Waals surface area contributed by atoms with Gasteiger partial charge in [-0.05, 0) is 25.5 Å².